The summed E-state index contributed by atoms with van der Waals surface area (Å²) in [4.78, 5) is 16.0. The number of pyridine rings is 1. The van der Waals surface area contributed by atoms with Crippen molar-refractivity contribution in [2.45, 2.75) is 12.8 Å². The fourth-order valence-corrected chi connectivity index (χ4v) is 3.45. The molecule has 1 fully saturated rings. The number of anilines is 1. The van der Waals surface area contributed by atoms with E-state index < -0.39 is 10.0 Å². The zero-order valence-corrected chi connectivity index (χ0v) is 13.7. The number of rotatable bonds is 6. The molecule has 0 saturated heterocycles. The molecule has 6 nitrogen and oxygen atoms in total. The monoisotopic (exact) mass is 333 g/mol. The number of fused-ring (bicyclic) bond motifs is 1. The second-order valence-electron chi connectivity index (χ2n) is 5.75. The smallest absolute Gasteiger partial charge is 0.232 e. The molecule has 3 rings (SSSR count). The lowest BCUT2D eigenvalue weighted by Gasteiger charge is -2.23. The molecule has 23 heavy (non-hydrogen) atoms. The van der Waals surface area contributed by atoms with Gasteiger partial charge in [0.1, 0.15) is 0 Å². The summed E-state index contributed by atoms with van der Waals surface area (Å²) >= 11 is 0. The first-order valence-corrected chi connectivity index (χ1v) is 9.41. The molecule has 0 spiro atoms. The summed E-state index contributed by atoms with van der Waals surface area (Å²) in [5, 5.41) is 3.68. The molecule has 1 N–H and O–H groups in total. The Labute approximate surface area is 135 Å². The molecule has 2 aromatic rings. The van der Waals surface area contributed by atoms with Crippen LogP contribution in [-0.2, 0) is 14.8 Å². The number of hydrogen-bond acceptors (Lipinski definition) is 4. The van der Waals surface area contributed by atoms with Crippen LogP contribution in [0.2, 0.25) is 0 Å². The van der Waals surface area contributed by atoms with Gasteiger partial charge < -0.3 is 5.32 Å². The fraction of sp³-hybridized carbons (Fsp3) is 0.375. The summed E-state index contributed by atoms with van der Waals surface area (Å²) in [6.45, 7) is 0.471. The van der Waals surface area contributed by atoms with E-state index in [0.717, 1.165) is 24.5 Å². The van der Waals surface area contributed by atoms with Crippen molar-refractivity contribution in [1.82, 2.24) is 10.3 Å². The third-order valence-corrected chi connectivity index (χ3v) is 5.02. The Morgan fingerprint density at radius 2 is 2.04 bits per heavy atom. The molecule has 1 amide bonds. The lowest BCUT2D eigenvalue weighted by atomic mass is 10.2. The Kier molecular flexibility index (Phi) is 4.21. The zero-order valence-electron chi connectivity index (χ0n) is 12.9. The quantitative estimate of drug-likeness (QED) is 0.869. The van der Waals surface area contributed by atoms with Crippen LogP contribution in [0.5, 0.6) is 0 Å². The number of nitrogens with zero attached hydrogens (tertiary/aromatic N) is 2. The number of nitrogens with one attached hydrogen (secondary N) is 1. The van der Waals surface area contributed by atoms with Gasteiger partial charge in [-0.3, -0.25) is 14.1 Å². The summed E-state index contributed by atoms with van der Waals surface area (Å²) in [6.07, 6.45) is 4.66. The van der Waals surface area contributed by atoms with Crippen LogP contribution < -0.4 is 9.62 Å². The van der Waals surface area contributed by atoms with Gasteiger partial charge in [0.15, 0.2) is 0 Å². The van der Waals surface area contributed by atoms with E-state index in [-0.39, 0.29) is 24.9 Å². The normalized spacial score (nSPS) is 14.7. The van der Waals surface area contributed by atoms with Crippen LogP contribution in [0.1, 0.15) is 12.8 Å². The summed E-state index contributed by atoms with van der Waals surface area (Å²) in [5.74, 6) is 0.121. The third-order valence-electron chi connectivity index (χ3n) is 3.84. The van der Waals surface area contributed by atoms with Crippen LogP contribution in [0, 0.1) is 5.92 Å². The Balaban J connectivity index is 1.84. The molecule has 0 atom stereocenters. The SMILES string of the molecule is CS(=O)(=O)N(CCNC(=O)C1CC1)c1cccc2cccnc12. The van der Waals surface area contributed by atoms with Gasteiger partial charge in [-0.05, 0) is 25.0 Å². The maximum Gasteiger partial charge on any atom is 0.232 e. The summed E-state index contributed by atoms with van der Waals surface area (Å²) in [7, 11) is -3.47. The first-order chi connectivity index (χ1) is 11.0. The second kappa shape index (κ2) is 6.16. The molecule has 1 heterocycles. The van der Waals surface area contributed by atoms with E-state index in [1.54, 1.807) is 18.3 Å². The van der Waals surface area contributed by atoms with E-state index in [2.05, 4.69) is 10.3 Å². The largest absolute Gasteiger partial charge is 0.354 e. The zero-order chi connectivity index (χ0) is 16.4. The van der Waals surface area contributed by atoms with Gasteiger partial charge in [0.2, 0.25) is 15.9 Å². The predicted octanol–water partition coefficient (Wildman–Crippen LogP) is 1.53. The summed E-state index contributed by atoms with van der Waals surface area (Å²) in [6, 6.07) is 9.13. The Morgan fingerprint density at radius 1 is 1.30 bits per heavy atom. The summed E-state index contributed by atoms with van der Waals surface area (Å²) in [5.41, 5.74) is 1.17. The fourth-order valence-electron chi connectivity index (χ4n) is 2.52. The van der Waals surface area contributed by atoms with Crippen molar-refractivity contribution >= 4 is 32.5 Å². The first kappa shape index (κ1) is 15.7. The number of para-hydroxylation sites is 1. The van der Waals surface area contributed by atoms with Crippen molar-refractivity contribution in [1.29, 1.82) is 0 Å². The van der Waals surface area contributed by atoms with Crippen molar-refractivity contribution in [2.75, 3.05) is 23.7 Å². The van der Waals surface area contributed by atoms with E-state index >= 15 is 0 Å². The Bertz CT molecular complexity index is 826. The van der Waals surface area contributed by atoms with Gasteiger partial charge in [-0.25, -0.2) is 8.42 Å². The highest BCUT2D eigenvalue weighted by atomic mass is 32.2. The second-order valence-corrected chi connectivity index (χ2v) is 7.66. The average molecular weight is 333 g/mol. The van der Waals surface area contributed by atoms with Gasteiger partial charge in [-0.1, -0.05) is 18.2 Å². The number of aromatic nitrogens is 1. The maximum absolute atomic E-state index is 12.2. The topological polar surface area (TPSA) is 79.4 Å². The van der Waals surface area contributed by atoms with Gasteiger partial charge in [0, 0.05) is 24.0 Å². The molecule has 0 aliphatic heterocycles. The molecular weight excluding hydrogens is 314 g/mol. The van der Waals surface area contributed by atoms with Crippen LogP contribution in [0.3, 0.4) is 0 Å². The van der Waals surface area contributed by atoms with Crippen LogP contribution in [-0.4, -0.2) is 38.7 Å². The maximum atomic E-state index is 12.2. The minimum absolute atomic E-state index is 0.00879. The van der Waals surface area contributed by atoms with Crippen molar-refractivity contribution in [3.8, 4) is 0 Å². The van der Waals surface area contributed by atoms with Gasteiger partial charge >= 0.3 is 0 Å². The van der Waals surface area contributed by atoms with Crippen molar-refractivity contribution < 1.29 is 13.2 Å². The van der Waals surface area contributed by atoms with Crippen LogP contribution in [0.25, 0.3) is 10.9 Å². The molecule has 1 aliphatic rings. The lowest BCUT2D eigenvalue weighted by molar-refractivity contribution is -0.122. The number of hydrogen-bond donors (Lipinski definition) is 1. The highest BCUT2D eigenvalue weighted by Crippen LogP contribution is 2.29. The van der Waals surface area contributed by atoms with E-state index in [1.165, 1.54) is 4.31 Å². The van der Waals surface area contributed by atoms with Crippen LogP contribution >= 0.6 is 0 Å². The standard InChI is InChI=1S/C16H19N3O3S/c1-23(21,22)19(11-10-18-16(20)13-7-8-13)14-6-2-4-12-5-3-9-17-15(12)14/h2-6,9,13H,7-8,10-11H2,1H3,(H,18,20). The molecular formula is C16H19N3O3S. The molecule has 122 valence electrons. The molecule has 1 aliphatic carbocycles. The third kappa shape index (κ3) is 3.61. The highest BCUT2D eigenvalue weighted by molar-refractivity contribution is 7.92. The van der Waals surface area contributed by atoms with E-state index in [0.29, 0.717) is 11.2 Å². The number of benzene rings is 1. The van der Waals surface area contributed by atoms with Crippen LogP contribution in [0.15, 0.2) is 36.5 Å². The first-order valence-electron chi connectivity index (χ1n) is 7.56. The number of amides is 1. The van der Waals surface area contributed by atoms with E-state index in [9.17, 15) is 13.2 Å². The van der Waals surface area contributed by atoms with Crippen LogP contribution in [0.4, 0.5) is 5.69 Å². The Morgan fingerprint density at radius 3 is 2.74 bits per heavy atom. The molecule has 1 aromatic heterocycles. The number of carbonyl (C=O) groups is 1. The van der Waals surface area contributed by atoms with Crippen molar-refractivity contribution in [3.63, 3.8) is 0 Å². The number of carbonyl (C=O) groups excluding carboxylic acids is 1. The molecule has 0 radical (unpaired) electrons. The average Bonchev–Trinajstić information content (AvgIpc) is 3.35. The van der Waals surface area contributed by atoms with Crippen molar-refractivity contribution in [3.05, 3.63) is 36.5 Å². The molecule has 0 unspecified atom stereocenters. The number of sulfonamides is 1. The van der Waals surface area contributed by atoms with Crippen molar-refractivity contribution in [2.24, 2.45) is 5.92 Å². The Hall–Kier alpha value is -2.15. The molecule has 1 saturated carbocycles. The van der Waals surface area contributed by atoms with Gasteiger partial charge in [0.05, 0.1) is 24.0 Å². The molecule has 0 bridgehead atoms. The highest BCUT2D eigenvalue weighted by Gasteiger charge is 2.29. The van der Waals surface area contributed by atoms with Gasteiger partial charge in [0.25, 0.3) is 0 Å². The molecule has 1 aromatic carbocycles. The molecule has 7 heteroatoms. The predicted molar refractivity (Wildman–Crippen MR) is 89.7 cm³/mol. The van der Waals surface area contributed by atoms with E-state index in [4.69, 9.17) is 0 Å². The minimum Gasteiger partial charge on any atom is -0.354 e. The van der Waals surface area contributed by atoms with Gasteiger partial charge in [-0.15, -0.1) is 0 Å². The van der Waals surface area contributed by atoms with Gasteiger partial charge in [-0.2, -0.15) is 0 Å². The lowest BCUT2D eigenvalue weighted by Crippen LogP contribution is -2.38. The summed E-state index contributed by atoms with van der Waals surface area (Å²) < 4.78 is 25.7. The van der Waals surface area contributed by atoms with E-state index in [1.807, 2.05) is 18.2 Å². The minimum atomic E-state index is -3.47.